The lowest BCUT2D eigenvalue weighted by Gasteiger charge is -2.17. The van der Waals surface area contributed by atoms with Gasteiger partial charge in [-0.05, 0) is 46.1 Å². The Kier molecular flexibility index (Phi) is 4.81. The van der Waals surface area contributed by atoms with Crippen molar-refractivity contribution in [3.63, 3.8) is 0 Å². The number of benzene rings is 1. The quantitative estimate of drug-likeness (QED) is 0.643. The Morgan fingerprint density at radius 1 is 1.44 bits per heavy atom. The highest BCUT2D eigenvalue weighted by atomic mass is 79.9. The fourth-order valence-electron chi connectivity index (χ4n) is 1.84. The summed E-state index contributed by atoms with van der Waals surface area (Å²) in [5.41, 5.74) is 5.03. The first-order valence-corrected chi connectivity index (χ1v) is 7.60. The molecular weight excluding hydrogens is 332 g/mol. The summed E-state index contributed by atoms with van der Waals surface area (Å²) in [6.07, 6.45) is 0.829. The Morgan fingerprint density at radius 2 is 2.22 bits per heavy atom. The van der Waals surface area contributed by atoms with E-state index in [-0.39, 0.29) is 6.04 Å². The predicted octanol–water partition coefficient (Wildman–Crippen LogP) is 4.22. The van der Waals surface area contributed by atoms with Crippen molar-refractivity contribution >= 4 is 38.9 Å². The third-order valence-corrected chi connectivity index (χ3v) is 4.81. The lowest BCUT2D eigenvalue weighted by Crippen LogP contribution is -2.29. The van der Waals surface area contributed by atoms with E-state index in [9.17, 15) is 0 Å². The van der Waals surface area contributed by atoms with Gasteiger partial charge in [0.15, 0.2) is 0 Å². The number of aryl methyl sites for hydroxylation is 1. The van der Waals surface area contributed by atoms with Crippen LogP contribution in [-0.4, -0.2) is 0 Å². The van der Waals surface area contributed by atoms with E-state index < -0.39 is 0 Å². The highest BCUT2D eigenvalue weighted by molar-refractivity contribution is 9.10. The van der Waals surface area contributed by atoms with E-state index in [1.165, 1.54) is 4.88 Å². The number of hydrogen-bond acceptors (Lipinski definition) is 3. The number of hydrogen-bond donors (Lipinski definition) is 2. The standard InChI is InChI=1S/C13H14BrClN2S/c1-8-2-3-11(12(15)4-8)13(17-16)6-10-5-9(14)7-18-10/h2-5,7,13,17H,6,16H2,1H3. The monoisotopic (exact) mass is 344 g/mol. The normalized spacial score (nSPS) is 12.7. The van der Waals surface area contributed by atoms with Crippen LogP contribution in [0.5, 0.6) is 0 Å². The summed E-state index contributed by atoms with van der Waals surface area (Å²) < 4.78 is 1.10. The summed E-state index contributed by atoms with van der Waals surface area (Å²) in [6.45, 7) is 2.02. The molecule has 0 aliphatic rings. The molecule has 0 aliphatic carbocycles. The topological polar surface area (TPSA) is 38.0 Å². The first-order valence-electron chi connectivity index (χ1n) is 5.55. The van der Waals surface area contributed by atoms with Crippen molar-refractivity contribution in [1.29, 1.82) is 0 Å². The van der Waals surface area contributed by atoms with Crippen molar-refractivity contribution in [2.75, 3.05) is 0 Å². The van der Waals surface area contributed by atoms with E-state index >= 15 is 0 Å². The lowest BCUT2D eigenvalue weighted by atomic mass is 10.0. The van der Waals surface area contributed by atoms with Crippen LogP contribution in [0.2, 0.25) is 5.02 Å². The molecule has 0 aliphatic heterocycles. The van der Waals surface area contributed by atoms with Crippen molar-refractivity contribution in [2.45, 2.75) is 19.4 Å². The average Bonchev–Trinajstić information content (AvgIpc) is 2.72. The van der Waals surface area contributed by atoms with Gasteiger partial charge in [-0.3, -0.25) is 11.3 Å². The van der Waals surface area contributed by atoms with E-state index in [0.29, 0.717) is 0 Å². The second kappa shape index (κ2) is 6.17. The van der Waals surface area contributed by atoms with Gasteiger partial charge in [0.2, 0.25) is 0 Å². The molecule has 1 aromatic heterocycles. The molecule has 3 N–H and O–H groups in total. The minimum Gasteiger partial charge on any atom is -0.271 e. The molecule has 0 fully saturated rings. The van der Waals surface area contributed by atoms with E-state index in [4.69, 9.17) is 17.4 Å². The summed E-state index contributed by atoms with van der Waals surface area (Å²) >= 11 is 11.4. The van der Waals surface area contributed by atoms with Crippen LogP contribution in [0.1, 0.15) is 22.0 Å². The van der Waals surface area contributed by atoms with Crippen LogP contribution < -0.4 is 11.3 Å². The van der Waals surface area contributed by atoms with Crippen molar-refractivity contribution in [2.24, 2.45) is 5.84 Å². The molecule has 1 heterocycles. The van der Waals surface area contributed by atoms with Crippen molar-refractivity contribution < 1.29 is 0 Å². The summed E-state index contributed by atoms with van der Waals surface area (Å²) in [5, 5.41) is 2.83. The van der Waals surface area contributed by atoms with Gasteiger partial charge in [0.05, 0.1) is 6.04 Å². The average molecular weight is 346 g/mol. The Hall–Kier alpha value is -0.390. The molecule has 0 saturated heterocycles. The third kappa shape index (κ3) is 3.33. The molecule has 1 atom stereocenters. The minimum absolute atomic E-state index is 0.0312. The first kappa shape index (κ1) is 14.0. The summed E-state index contributed by atoms with van der Waals surface area (Å²) in [4.78, 5) is 1.27. The predicted molar refractivity (Wildman–Crippen MR) is 82.0 cm³/mol. The maximum absolute atomic E-state index is 6.27. The highest BCUT2D eigenvalue weighted by Crippen LogP contribution is 2.29. The molecule has 0 bridgehead atoms. The van der Waals surface area contributed by atoms with Gasteiger partial charge in [-0.2, -0.15) is 0 Å². The zero-order valence-corrected chi connectivity index (χ0v) is 13.1. The van der Waals surface area contributed by atoms with Crippen LogP contribution in [0, 0.1) is 6.92 Å². The number of halogens is 2. The minimum atomic E-state index is 0.0312. The van der Waals surface area contributed by atoms with Crippen LogP contribution in [0.4, 0.5) is 0 Å². The number of hydrazine groups is 1. The van der Waals surface area contributed by atoms with E-state index in [1.54, 1.807) is 11.3 Å². The molecule has 0 spiro atoms. The fraction of sp³-hybridized carbons (Fsp3) is 0.231. The molecule has 1 unspecified atom stereocenters. The second-order valence-electron chi connectivity index (χ2n) is 4.18. The largest absolute Gasteiger partial charge is 0.271 e. The summed E-state index contributed by atoms with van der Waals surface area (Å²) in [6, 6.07) is 8.19. The smallest absolute Gasteiger partial charge is 0.0522 e. The number of nitrogens with one attached hydrogen (secondary N) is 1. The lowest BCUT2D eigenvalue weighted by molar-refractivity contribution is 0.555. The highest BCUT2D eigenvalue weighted by Gasteiger charge is 2.15. The van der Waals surface area contributed by atoms with Crippen molar-refractivity contribution in [1.82, 2.24) is 5.43 Å². The number of thiophene rings is 1. The van der Waals surface area contributed by atoms with Crippen LogP contribution in [0.15, 0.2) is 34.1 Å². The molecule has 0 radical (unpaired) electrons. The van der Waals surface area contributed by atoms with Gasteiger partial charge >= 0.3 is 0 Å². The Balaban J connectivity index is 2.22. The van der Waals surface area contributed by atoms with E-state index in [0.717, 1.165) is 27.0 Å². The van der Waals surface area contributed by atoms with Gasteiger partial charge < -0.3 is 0 Å². The van der Waals surface area contributed by atoms with Crippen LogP contribution in [0.25, 0.3) is 0 Å². The number of nitrogens with two attached hydrogens (primary N) is 1. The molecule has 2 nitrogen and oxygen atoms in total. The summed E-state index contributed by atoms with van der Waals surface area (Å²) in [5.74, 6) is 5.65. The van der Waals surface area contributed by atoms with Gasteiger partial charge in [-0.15, -0.1) is 11.3 Å². The van der Waals surface area contributed by atoms with E-state index in [1.807, 2.05) is 19.1 Å². The maximum Gasteiger partial charge on any atom is 0.0522 e. The SMILES string of the molecule is Cc1ccc(C(Cc2cc(Br)cs2)NN)c(Cl)c1. The van der Waals surface area contributed by atoms with Gasteiger partial charge in [0, 0.05) is 26.2 Å². The van der Waals surface area contributed by atoms with Gasteiger partial charge in [0.1, 0.15) is 0 Å². The Morgan fingerprint density at radius 3 is 2.78 bits per heavy atom. The van der Waals surface area contributed by atoms with E-state index in [2.05, 4.69) is 38.9 Å². The molecule has 0 saturated carbocycles. The van der Waals surface area contributed by atoms with Crippen molar-refractivity contribution in [3.05, 3.63) is 55.1 Å². The Bertz CT molecular complexity index is 542. The van der Waals surface area contributed by atoms with Crippen LogP contribution in [0.3, 0.4) is 0 Å². The van der Waals surface area contributed by atoms with Gasteiger partial charge in [-0.25, -0.2) is 0 Å². The van der Waals surface area contributed by atoms with Crippen LogP contribution >= 0.6 is 38.9 Å². The second-order valence-corrected chi connectivity index (χ2v) is 6.50. The van der Waals surface area contributed by atoms with Gasteiger partial charge in [0.25, 0.3) is 0 Å². The molecule has 96 valence electrons. The molecule has 5 heteroatoms. The first-order chi connectivity index (χ1) is 8.60. The molecule has 0 amide bonds. The Labute approximate surface area is 124 Å². The molecular formula is C13H14BrClN2S. The zero-order chi connectivity index (χ0) is 13.1. The summed E-state index contributed by atoms with van der Waals surface area (Å²) in [7, 11) is 0. The maximum atomic E-state index is 6.27. The van der Waals surface area contributed by atoms with Crippen molar-refractivity contribution in [3.8, 4) is 0 Å². The number of rotatable bonds is 4. The fourth-order valence-corrected chi connectivity index (χ4v) is 3.70. The molecule has 2 aromatic rings. The van der Waals surface area contributed by atoms with Crippen LogP contribution in [-0.2, 0) is 6.42 Å². The molecule has 2 rings (SSSR count). The molecule has 18 heavy (non-hydrogen) atoms. The zero-order valence-electron chi connectivity index (χ0n) is 9.91. The van der Waals surface area contributed by atoms with Gasteiger partial charge in [-0.1, -0.05) is 23.7 Å². The molecule has 1 aromatic carbocycles. The third-order valence-electron chi connectivity index (χ3n) is 2.76.